The molecule has 9 heteroatoms. The molecule has 1 aliphatic heterocycles. The predicted octanol–water partition coefficient (Wildman–Crippen LogP) is 1.02. The van der Waals surface area contributed by atoms with E-state index in [9.17, 15) is 14.7 Å². The first-order chi connectivity index (χ1) is 13.4. The minimum Gasteiger partial charge on any atom is -0.493 e. The van der Waals surface area contributed by atoms with Gasteiger partial charge in [-0.25, -0.2) is 4.79 Å². The van der Waals surface area contributed by atoms with Gasteiger partial charge in [0.25, 0.3) is 0 Å². The quantitative estimate of drug-likeness (QED) is 0.720. The van der Waals surface area contributed by atoms with E-state index in [2.05, 4.69) is 0 Å². The Morgan fingerprint density at radius 3 is 2.50 bits per heavy atom. The summed E-state index contributed by atoms with van der Waals surface area (Å²) in [5, 5.41) is 9.41. The SMILES string of the molecule is COC(=O)C1=C(N)Oc2c(oc(CO)cc2=O)[C@@H]1c1ccc(OC)c(OC)c1. The standard InChI is InChI=1S/C19H19NO8/c1-24-12-5-4-9(6-13(12)25-2)14-15(19(23)26-3)18(20)28-16-11(22)7-10(8-21)27-17(14)16/h4-7,14,21H,8,20H2,1-3H3/t14-/m1/s1. The van der Waals surface area contributed by atoms with E-state index >= 15 is 0 Å². The van der Waals surface area contributed by atoms with E-state index in [4.69, 9.17) is 29.1 Å². The van der Waals surface area contributed by atoms with E-state index < -0.39 is 23.9 Å². The van der Waals surface area contributed by atoms with Crippen LogP contribution in [-0.2, 0) is 16.1 Å². The number of rotatable bonds is 5. The van der Waals surface area contributed by atoms with Gasteiger partial charge in [-0.2, -0.15) is 0 Å². The van der Waals surface area contributed by atoms with Crippen LogP contribution in [0.4, 0.5) is 0 Å². The van der Waals surface area contributed by atoms with Crippen molar-refractivity contribution < 1.29 is 33.3 Å². The maximum absolute atomic E-state index is 12.4. The second-order valence-electron chi connectivity index (χ2n) is 5.85. The topological polar surface area (TPSA) is 130 Å². The molecule has 0 bridgehead atoms. The Hall–Kier alpha value is -3.46. The first-order valence-electron chi connectivity index (χ1n) is 8.20. The second kappa shape index (κ2) is 7.65. The molecule has 0 saturated heterocycles. The van der Waals surface area contributed by atoms with Gasteiger partial charge in [0.05, 0.1) is 27.2 Å². The Bertz CT molecular complexity index is 1010. The summed E-state index contributed by atoms with van der Waals surface area (Å²) in [5.41, 5.74) is 5.87. The number of methoxy groups -OCH3 is 3. The fourth-order valence-corrected chi connectivity index (χ4v) is 3.04. The highest BCUT2D eigenvalue weighted by Gasteiger charge is 2.39. The van der Waals surface area contributed by atoms with Crippen molar-refractivity contribution in [2.45, 2.75) is 12.5 Å². The average molecular weight is 389 g/mol. The molecule has 1 aliphatic rings. The zero-order valence-corrected chi connectivity index (χ0v) is 15.5. The molecule has 2 heterocycles. The van der Waals surface area contributed by atoms with E-state index in [1.807, 2.05) is 0 Å². The monoisotopic (exact) mass is 389 g/mol. The van der Waals surface area contributed by atoms with Gasteiger partial charge in [-0.15, -0.1) is 0 Å². The van der Waals surface area contributed by atoms with E-state index in [0.29, 0.717) is 17.1 Å². The molecule has 1 atom stereocenters. The molecule has 1 aromatic heterocycles. The van der Waals surface area contributed by atoms with Crippen molar-refractivity contribution in [1.29, 1.82) is 0 Å². The second-order valence-corrected chi connectivity index (χ2v) is 5.85. The molecule has 1 aromatic carbocycles. The molecule has 148 valence electrons. The third-order valence-electron chi connectivity index (χ3n) is 4.31. The van der Waals surface area contributed by atoms with Crippen LogP contribution in [0.5, 0.6) is 17.2 Å². The van der Waals surface area contributed by atoms with Crippen LogP contribution in [0.15, 0.2) is 44.9 Å². The van der Waals surface area contributed by atoms with Crippen LogP contribution in [0.3, 0.4) is 0 Å². The number of aliphatic hydroxyl groups is 1. The molecule has 3 rings (SSSR count). The van der Waals surface area contributed by atoms with Crippen LogP contribution in [0.1, 0.15) is 23.0 Å². The van der Waals surface area contributed by atoms with Crippen LogP contribution in [0.25, 0.3) is 0 Å². The van der Waals surface area contributed by atoms with Crippen molar-refractivity contribution in [1.82, 2.24) is 0 Å². The van der Waals surface area contributed by atoms with Crippen LogP contribution >= 0.6 is 0 Å². The molecule has 0 aliphatic carbocycles. The summed E-state index contributed by atoms with van der Waals surface area (Å²) in [4.78, 5) is 24.8. The number of esters is 1. The Labute approximate surface area is 159 Å². The van der Waals surface area contributed by atoms with Gasteiger partial charge in [-0.05, 0) is 17.7 Å². The number of benzene rings is 1. The zero-order valence-electron chi connectivity index (χ0n) is 15.5. The highest BCUT2D eigenvalue weighted by molar-refractivity contribution is 5.92. The number of hydrogen-bond acceptors (Lipinski definition) is 9. The highest BCUT2D eigenvalue weighted by Crippen LogP contribution is 2.43. The summed E-state index contributed by atoms with van der Waals surface area (Å²) in [6.45, 7) is -0.506. The molecule has 9 nitrogen and oxygen atoms in total. The summed E-state index contributed by atoms with van der Waals surface area (Å²) in [6, 6.07) is 6.03. The number of aliphatic hydroxyl groups excluding tert-OH is 1. The van der Waals surface area contributed by atoms with Gasteiger partial charge in [0.1, 0.15) is 17.9 Å². The van der Waals surface area contributed by atoms with Crippen molar-refractivity contribution in [2.75, 3.05) is 21.3 Å². The maximum Gasteiger partial charge on any atom is 0.340 e. The predicted molar refractivity (Wildman–Crippen MR) is 96.1 cm³/mol. The molecule has 0 spiro atoms. The summed E-state index contributed by atoms with van der Waals surface area (Å²) in [5.74, 6) is -1.20. The minimum absolute atomic E-state index is 0.0162. The fraction of sp³-hybridized carbons (Fsp3) is 0.263. The average Bonchev–Trinajstić information content (AvgIpc) is 2.72. The summed E-state index contributed by atoms with van der Waals surface area (Å²) in [7, 11) is 4.16. The smallest absolute Gasteiger partial charge is 0.340 e. The van der Waals surface area contributed by atoms with Gasteiger partial charge in [0.2, 0.25) is 17.1 Å². The third-order valence-corrected chi connectivity index (χ3v) is 4.31. The van der Waals surface area contributed by atoms with Crippen molar-refractivity contribution in [3.05, 3.63) is 63.0 Å². The van der Waals surface area contributed by atoms with E-state index in [1.54, 1.807) is 18.2 Å². The van der Waals surface area contributed by atoms with Crippen molar-refractivity contribution in [3.63, 3.8) is 0 Å². The summed E-state index contributed by atoms with van der Waals surface area (Å²) in [6.07, 6.45) is 0. The van der Waals surface area contributed by atoms with Gasteiger partial charge in [-0.3, -0.25) is 4.79 Å². The van der Waals surface area contributed by atoms with Gasteiger partial charge < -0.3 is 34.2 Å². The van der Waals surface area contributed by atoms with Gasteiger partial charge >= 0.3 is 5.97 Å². The highest BCUT2D eigenvalue weighted by atomic mass is 16.5. The Morgan fingerprint density at radius 1 is 1.18 bits per heavy atom. The molecule has 0 amide bonds. The first-order valence-corrected chi connectivity index (χ1v) is 8.20. The van der Waals surface area contributed by atoms with Gasteiger partial charge in [0, 0.05) is 6.07 Å². The Balaban J connectivity index is 2.30. The first kappa shape index (κ1) is 19.3. The molecule has 0 unspecified atom stereocenters. The molecule has 2 aromatic rings. The number of carbonyl (C=O) groups excluding carboxylic acids is 1. The number of carbonyl (C=O) groups is 1. The largest absolute Gasteiger partial charge is 0.493 e. The number of fused-ring (bicyclic) bond motifs is 1. The third kappa shape index (κ3) is 3.16. The molecular weight excluding hydrogens is 370 g/mol. The molecule has 0 fully saturated rings. The molecule has 3 N–H and O–H groups in total. The minimum atomic E-state index is -0.921. The number of nitrogens with two attached hydrogens (primary N) is 1. The Kier molecular flexibility index (Phi) is 5.27. The van der Waals surface area contributed by atoms with Gasteiger partial charge in [-0.1, -0.05) is 6.07 Å². The van der Waals surface area contributed by atoms with Crippen LogP contribution in [0, 0.1) is 0 Å². The number of ether oxygens (including phenoxy) is 4. The summed E-state index contributed by atoms with van der Waals surface area (Å²) < 4.78 is 26.4. The van der Waals surface area contributed by atoms with Crippen LogP contribution in [0.2, 0.25) is 0 Å². The molecular formula is C19H19NO8. The van der Waals surface area contributed by atoms with E-state index in [0.717, 1.165) is 6.07 Å². The van der Waals surface area contributed by atoms with Crippen molar-refractivity contribution in [3.8, 4) is 17.2 Å². The lowest BCUT2D eigenvalue weighted by molar-refractivity contribution is -0.136. The van der Waals surface area contributed by atoms with E-state index in [-0.39, 0.29) is 28.7 Å². The van der Waals surface area contributed by atoms with Crippen LogP contribution < -0.4 is 25.4 Å². The van der Waals surface area contributed by atoms with Crippen LogP contribution in [-0.4, -0.2) is 32.4 Å². The van der Waals surface area contributed by atoms with Crippen molar-refractivity contribution >= 4 is 5.97 Å². The maximum atomic E-state index is 12.4. The lowest BCUT2D eigenvalue weighted by Gasteiger charge is -2.27. The normalized spacial score (nSPS) is 15.5. The molecule has 0 radical (unpaired) electrons. The molecule has 0 saturated carbocycles. The molecule has 28 heavy (non-hydrogen) atoms. The van der Waals surface area contributed by atoms with Crippen molar-refractivity contribution in [2.24, 2.45) is 5.73 Å². The number of hydrogen-bond donors (Lipinski definition) is 2. The Morgan fingerprint density at radius 2 is 1.89 bits per heavy atom. The zero-order chi connectivity index (χ0) is 20.4. The lowest BCUT2D eigenvalue weighted by Crippen LogP contribution is -2.29. The van der Waals surface area contributed by atoms with Gasteiger partial charge in [0.15, 0.2) is 17.3 Å². The van der Waals surface area contributed by atoms with E-state index in [1.165, 1.54) is 21.3 Å². The summed E-state index contributed by atoms with van der Waals surface area (Å²) >= 11 is 0. The fourth-order valence-electron chi connectivity index (χ4n) is 3.04. The lowest BCUT2D eigenvalue weighted by atomic mass is 9.86.